The van der Waals surface area contributed by atoms with Crippen LogP contribution in [0.4, 0.5) is 0 Å². The predicted octanol–water partition coefficient (Wildman–Crippen LogP) is 27.4. The van der Waals surface area contributed by atoms with Crippen LogP contribution in [0.5, 0.6) is 0 Å². The molecule has 2 unspecified atom stereocenters. The van der Waals surface area contributed by atoms with E-state index < -0.39 is 26.5 Å². The number of carbonyl (C=O) groups excluding carboxylic acids is 2. The molecule has 0 aliphatic carbocycles. The highest BCUT2D eigenvalue weighted by Crippen LogP contribution is 2.38. The Morgan fingerprint density at radius 1 is 0.323 bits per heavy atom. The maximum atomic E-state index is 12.9. The molecule has 0 aromatic carbocycles. The van der Waals surface area contributed by atoms with E-state index in [1.54, 1.807) is 0 Å². The number of hydrogen-bond donors (Lipinski definition) is 0. The van der Waals surface area contributed by atoms with E-state index in [1.807, 2.05) is 21.1 Å². The summed E-state index contributed by atoms with van der Waals surface area (Å²) in [7, 11) is 1.19. The number of quaternary nitrogens is 1. The van der Waals surface area contributed by atoms with Crippen LogP contribution in [0.1, 0.15) is 425 Å². The van der Waals surface area contributed by atoms with Gasteiger partial charge in [-0.15, -0.1) is 0 Å². The number of nitrogens with zero attached hydrogens (tertiary/aromatic N) is 1. The second kappa shape index (κ2) is 76.9. The smallest absolute Gasteiger partial charge is 0.306 e. The van der Waals surface area contributed by atoms with Crippen molar-refractivity contribution in [3.8, 4) is 0 Å². The fraction of sp³-hybridized carbons (Fsp3) is 0.860. The van der Waals surface area contributed by atoms with Crippen LogP contribution in [-0.4, -0.2) is 70.0 Å². The van der Waals surface area contributed by atoms with Crippen molar-refractivity contribution in [3.05, 3.63) is 60.8 Å². The Balaban J connectivity index is 3.89. The molecule has 0 aromatic rings. The van der Waals surface area contributed by atoms with Gasteiger partial charge in [0.1, 0.15) is 19.8 Å². The van der Waals surface area contributed by atoms with E-state index in [9.17, 15) is 19.0 Å². The van der Waals surface area contributed by atoms with E-state index in [0.717, 1.165) is 51.4 Å². The molecular weight excluding hydrogens is 1210 g/mol. The third-order valence-electron chi connectivity index (χ3n) is 19.0. The standard InChI is InChI=1S/C86H162NO8P/c1-6-8-10-12-14-16-18-20-22-24-26-28-30-32-34-36-38-40-41-42-43-44-45-47-48-50-52-54-56-58-60-62-64-66-68-70-72-74-76-78-85(88)92-82-84(83-94-96(90,91)93-81-80-87(3,4)5)95-86(89)79-77-75-73-71-69-67-65-63-61-59-57-55-53-51-49-46-39-37-35-33-31-29-27-25-23-21-19-17-15-13-11-9-7-2/h18-21,24-27,31,33,84H,6-17,22-23,28-30,32,34-83H2,1-5H3/b20-18-,21-19-,26-24-,27-25-,33-31-. The molecule has 0 amide bonds. The molecule has 96 heavy (non-hydrogen) atoms. The van der Waals surface area contributed by atoms with Gasteiger partial charge in [0.2, 0.25) is 0 Å². The highest BCUT2D eigenvalue weighted by atomic mass is 31.2. The first-order valence-corrected chi connectivity index (χ1v) is 43.5. The Hall–Kier alpha value is -2.29. The fourth-order valence-electron chi connectivity index (χ4n) is 12.6. The Bertz CT molecular complexity index is 1800. The molecule has 0 aliphatic rings. The van der Waals surface area contributed by atoms with Crippen LogP contribution >= 0.6 is 7.82 Å². The second-order valence-corrected chi connectivity index (χ2v) is 31.3. The largest absolute Gasteiger partial charge is 0.756 e. The van der Waals surface area contributed by atoms with Crippen LogP contribution in [0.2, 0.25) is 0 Å². The molecule has 2 atom stereocenters. The molecule has 0 fully saturated rings. The van der Waals surface area contributed by atoms with Gasteiger partial charge < -0.3 is 27.9 Å². The van der Waals surface area contributed by atoms with Crippen molar-refractivity contribution in [1.82, 2.24) is 0 Å². The monoisotopic (exact) mass is 1370 g/mol. The zero-order valence-corrected chi connectivity index (χ0v) is 65.5. The summed E-state index contributed by atoms with van der Waals surface area (Å²) in [6.07, 6.45) is 104. The summed E-state index contributed by atoms with van der Waals surface area (Å²) in [5.41, 5.74) is 0. The van der Waals surface area contributed by atoms with E-state index in [0.29, 0.717) is 17.4 Å². The molecule has 0 rings (SSSR count). The molecule has 0 aromatic heterocycles. The first-order chi connectivity index (χ1) is 47.0. The number of allylic oxidation sites excluding steroid dienone is 10. The zero-order valence-electron chi connectivity index (χ0n) is 64.6. The molecule has 0 bridgehead atoms. The molecule has 564 valence electrons. The van der Waals surface area contributed by atoms with Crippen molar-refractivity contribution in [1.29, 1.82) is 0 Å². The summed E-state index contributed by atoms with van der Waals surface area (Å²) in [4.78, 5) is 38.2. The summed E-state index contributed by atoms with van der Waals surface area (Å²) in [6, 6.07) is 0. The van der Waals surface area contributed by atoms with Crippen molar-refractivity contribution in [3.63, 3.8) is 0 Å². The van der Waals surface area contributed by atoms with Crippen LogP contribution in [0.3, 0.4) is 0 Å². The first kappa shape index (κ1) is 93.7. The number of esters is 2. The minimum Gasteiger partial charge on any atom is -0.756 e. The molecule has 0 N–H and O–H groups in total. The van der Waals surface area contributed by atoms with E-state index in [4.69, 9.17) is 18.5 Å². The molecule has 9 nitrogen and oxygen atoms in total. The number of phosphoric acid groups is 1. The van der Waals surface area contributed by atoms with Crippen LogP contribution < -0.4 is 4.89 Å². The van der Waals surface area contributed by atoms with Crippen LogP contribution in [0.15, 0.2) is 60.8 Å². The lowest BCUT2D eigenvalue weighted by atomic mass is 10.0. The topological polar surface area (TPSA) is 111 Å². The van der Waals surface area contributed by atoms with Gasteiger partial charge in [-0.2, -0.15) is 0 Å². The minimum absolute atomic E-state index is 0.0286. The lowest BCUT2D eigenvalue weighted by Gasteiger charge is -2.28. The normalized spacial score (nSPS) is 13.3. The number of phosphoric ester groups is 1. The van der Waals surface area contributed by atoms with Gasteiger partial charge >= 0.3 is 11.9 Å². The van der Waals surface area contributed by atoms with E-state index in [1.165, 1.54) is 340 Å². The summed E-state index contributed by atoms with van der Waals surface area (Å²) >= 11 is 0. The maximum absolute atomic E-state index is 12.9. The SMILES string of the molecule is CCCCCCC/C=C\C/C=C\C/C=C\CCCCCCCCCCCCCCCCCCCCC(=O)OC(COC(=O)CCCCCCCCCCCCCCCCCCCCCCCCCCCCC/C=C\C/C=C\CCCCCCC)COP(=O)([O-])OCC[N+](C)(C)C. The van der Waals surface area contributed by atoms with Crippen molar-refractivity contribution >= 4 is 19.8 Å². The lowest BCUT2D eigenvalue weighted by molar-refractivity contribution is -0.870. The Labute approximate surface area is 597 Å². The highest BCUT2D eigenvalue weighted by molar-refractivity contribution is 7.45. The number of likely N-dealkylation sites (N-methyl/N-ethyl adjacent to an activating group) is 1. The summed E-state index contributed by atoms with van der Waals surface area (Å²) in [5, 5.41) is 0. The predicted molar refractivity (Wildman–Crippen MR) is 416 cm³/mol. The zero-order chi connectivity index (χ0) is 69.7. The van der Waals surface area contributed by atoms with Gasteiger partial charge in [0, 0.05) is 12.8 Å². The molecule has 0 saturated heterocycles. The molecule has 0 radical (unpaired) electrons. The summed E-state index contributed by atoms with van der Waals surface area (Å²) in [6.45, 7) is 4.29. The first-order valence-electron chi connectivity index (χ1n) is 42.0. The number of rotatable bonds is 79. The number of ether oxygens (including phenoxy) is 2. The van der Waals surface area contributed by atoms with Gasteiger partial charge in [0.05, 0.1) is 27.7 Å². The number of carbonyl (C=O) groups is 2. The third-order valence-corrected chi connectivity index (χ3v) is 20.0. The molecular formula is C86H162NO8P. The van der Waals surface area contributed by atoms with Gasteiger partial charge in [0.15, 0.2) is 6.10 Å². The lowest BCUT2D eigenvalue weighted by Crippen LogP contribution is -2.37. The van der Waals surface area contributed by atoms with E-state index >= 15 is 0 Å². The summed E-state index contributed by atoms with van der Waals surface area (Å²) < 4.78 is 34.5. The number of unbranched alkanes of at least 4 members (excludes halogenated alkanes) is 55. The van der Waals surface area contributed by atoms with Gasteiger partial charge in [-0.05, 0) is 83.5 Å². The maximum Gasteiger partial charge on any atom is 0.306 e. The third kappa shape index (κ3) is 80.7. The van der Waals surface area contributed by atoms with E-state index in [-0.39, 0.29) is 32.0 Å². The fourth-order valence-corrected chi connectivity index (χ4v) is 13.3. The average Bonchev–Trinajstić information content (AvgIpc) is 1.48. The Morgan fingerprint density at radius 3 is 0.833 bits per heavy atom. The second-order valence-electron chi connectivity index (χ2n) is 29.8. The van der Waals surface area contributed by atoms with Crippen molar-refractivity contribution < 1.29 is 42.1 Å². The van der Waals surface area contributed by atoms with Crippen molar-refractivity contribution in [2.45, 2.75) is 431 Å². The van der Waals surface area contributed by atoms with Crippen LogP contribution in [-0.2, 0) is 32.7 Å². The Kier molecular flexibility index (Phi) is 75.0. The van der Waals surface area contributed by atoms with Gasteiger partial charge in [-0.1, -0.05) is 389 Å². The van der Waals surface area contributed by atoms with Gasteiger partial charge in [-0.3, -0.25) is 14.2 Å². The van der Waals surface area contributed by atoms with Crippen molar-refractivity contribution in [2.24, 2.45) is 0 Å². The molecule has 0 heterocycles. The number of hydrogen-bond acceptors (Lipinski definition) is 8. The molecule has 0 saturated carbocycles. The highest BCUT2D eigenvalue weighted by Gasteiger charge is 2.22. The molecule has 10 heteroatoms. The average molecular weight is 1370 g/mol. The van der Waals surface area contributed by atoms with Gasteiger partial charge in [-0.25, -0.2) is 0 Å². The molecule has 0 aliphatic heterocycles. The quantitative estimate of drug-likeness (QED) is 0.0195. The Morgan fingerprint density at radius 2 is 0.562 bits per heavy atom. The van der Waals surface area contributed by atoms with E-state index in [2.05, 4.69) is 74.6 Å². The molecule has 0 spiro atoms. The van der Waals surface area contributed by atoms with Crippen molar-refractivity contribution in [2.75, 3.05) is 47.5 Å². The van der Waals surface area contributed by atoms with Gasteiger partial charge in [0.25, 0.3) is 7.82 Å². The van der Waals surface area contributed by atoms with Crippen LogP contribution in [0.25, 0.3) is 0 Å². The van der Waals surface area contributed by atoms with Crippen LogP contribution in [0, 0.1) is 0 Å². The minimum atomic E-state index is -4.65. The summed E-state index contributed by atoms with van der Waals surface area (Å²) in [5.74, 6) is -0.810.